The summed E-state index contributed by atoms with van der Waals surface area (Å²) in [5.74, 6) is -0.625. The molecule has 6 heteroatoms. The van der Waals surface area contributed by atoms with Crippen molar-refractivity contribution >= 4 is 30.6 Å². The molecule has 0 bridgehead atoms. The summed E-state index contributed by atoms with van der Waals surface area (Å²) in [5, 5.41) is 2.04. The lowest BCUT2D eigenvalue weighted by atomic mass is 9.98. The maximum atomic E-state index is 12.2. The van der Waals surface area contributed by atoms with Gasteiger partial charge in [-0.15, -0.1) is 0 Å². The van der Waals surface area contributed by atoms with Crippen LogP contribution in [0.3, 0.4) is 0 Å². The average Bonchev–Trinajstić information content (AvgIpc) is 2.67. The number of methoxy groups -OCH3 is 1. The molecule has 0 aliphatic rings. The number of hydrogen-bond donors (Lipinski definition) is 0. The van der Waals surface area contributed by atoms with Crippen molar-refractivity contribution in [1.82, 2.24) is 0 Å². The van der Waals surface area contributed by atoms with E-state index in [9.17, 15) is 9.59 Å². The largest absolute Gasteiger partial charge is 0.497 e. The Morgan fingerprint density at radius 1 is 1.04 bits per heavy atom. The van der Waals surface area contributed by atoms with Gasteiger partial charge in [-0.1, -0.05) is 37.0 Å². The summed E-state index contributed by atoms with van der Waals surface area (Å²) in [6, 6.07) is 11.5. The minimum atomic E-state index is -0.507. The van der Waals surface area contributed by atoms with Gasteiger partial charge in [0.15, 0.2) is 6.61 Å². The maximum Gasteiger partial charge on any atom is 0.344 e. The summed E-state index contributed by atoms with van der Waals surface area (Å²) < 4.78 is 15.3. The molecule has 0 aliphatic carbocycles. The summed E-state index contributed by atoms with van der Waals surface area (Å²) in [5.41, 5.74) is 0.837. The topological polar surface area (TPSA) is 61.8 Å². The molecule has 2 aromatic carbocycles. The lowest BCUT2D eigenvalue weighted by molar-refractivity contribution is -0.159. The van der Waals surface area contributed by atoms with E-state index in [1.165, 1.54) is 0 Å². The molecule has 0 spiro atoms. The second kappa shape index (κ2) is 9.85. The highest BCUT2D eigenvalue weighted by Crippen LogP contribution is 2.25. The first-order chi connectivity index (χ1) is 12.5. The third-order valence-electron chi connectivity index (χ3n) is 4.27. The molecular formula is C20H25BO5. The number of esters is 2. The van der Waals surface area contributed by atoms with Crippen LogP contribution in [0.5, 0.6) is 5.75 Å². The van der Waals surface area contributed by atoms with Crippen molar-refractivity contribution in [3.05, 3.63) is 42.0 Å². The Morgan fingerprint density at radius 2 is 1.77 bits per heavy atom. The van der Waals surface area contributed by atoms with E-state index >= 15 is 0 Å². The van der Waals surface area contributed by atoms with Gasteiger partial charge >= 0.3 is 11.9 Å². The van der Waals surface area contributed by atoms with Gasteiger partial charge in [0, 0.05) is 0 Å². The van der Waals surface area contributed by atoms with Crippen molar-refractivity contribution < 1.29 is 23.8 Å². The minimum Gasteiger partial charge on any atom is -0.497 e. The molecule has 0 fully saturated rings. The van der Waals surface area contributed by atoms with Crippen LogP contribution in [-0.2, 0) is 19.1 Å². The normalized spacial score (nSPS) is 11.8. The van der Waals surface area contributed by atoms with E-state index in [2.05, 4.69) is 7.85 Å². The quantitative estimate of drug-likeness (QED) is 0.393. The minimum absolute atomic E-state index is 0.347. The SMILES string of the molecule is BCCCCOC(=O)COC(=O)C(C)c1ccc2cc(OC)ccc2c1. The summed E-state index contributed by atoms with van der Waals surface area (Å²) in [6.07, 6.45) is 2.90. The first-order valence-corrected chi connectivity index (χ1v) is 8.95. The van der Waals surface area contributed by atoms with Crippen LogP contribution in [0.4, 0.5) is 0 Å². The van der Waals surface area contributed by atoms with Gasteiger partial charge in [-0.3, -0.25) is 4.79 Å². The summed E-state index contributed by atoms with van der Waals surface area (Å²) >= 11 is 0. The number of fused-ring (bicyclic) bond motifs is 1. The van der Waals surface area contributed by atoms with Gasteiger partial charge in [-0.05, 0) is 41.8 Å². The number of benzene rings is 2. The van der Waals surface area contributed by atoms with E-state index in [1.54, 1.807) is 14.0 Å². The third kappa shape index (κ3) is 5.51. The molecule has 5 nitrogen and oxygen atoms in total. The zero-order valence-corrected chi connectivity index (χ0v) is 15.6. The Morgan fingerprint density at radius 3 is 2.50 bits per heavy atom. The number of hydrogen-bond acceptors (Lipinski definition) is 5. The Kier molecular flexibility index (Phi) is 7.51. The van der Waals surface area contributed by atoms with Gasteiger partial charge in [-0.2, -0.15) is 0 Å². The third-order valence-corrected chi connectivity index (χ3v) is 4.27. The van der Waals surface area contributed by atoms with Crippen LogP contribution in [0.15, 0.2) is 36.4 Å². The van der Waals surface area contributed by atoms with E-state index in [0.29, 0.717) is 6.61 Å². The predicted molar refractivity (Wildman–Crippen MR) is 103 cm³/mol. The lowest BCUT2D eigenvalue weighted by Gasteiger charge is -2.13. The molecule has 2 aromatic rings. The molecule has 138 valence electrons. The van der Waals surface area contributed by atoms with Gasteiger partial charge in [0.2, 0.25) is 0 Å². The van der Waals surface area contributed by atoms with E-state index in [0.717, 1.165) is 41.2 Å². The summed E-state index contributed by atoms with van der Waals surface area (Å²) in [6.45, 7) is 1.79. The smallest absolute Gasteiger partial charge is 0.344 e. The fraction of sp³-hybridized carbons (Fsp3) is 0.400. The molecule has 1 unspecified atom stereocenters. The molecule has 2 rings (SSSR count). The summed E-state index contributed by atoms with van der Waals surface area (Å²) in [4.78, 5) is 23.8. The van der Waals surface area contributed by atoms with Crippen molar-refractivity contribution in [3.63, 3.8) is 0 Å². The highest BCUT2D eigenvalue weighted by Gasteiger charge is 2.19. The molecule has 0 saturated heterocycles. The first-order valence-electron chi connectivity index (χ1n) is 8.95. The van der Waals surface area contributed by atoms with Gasteiger partial charge in [0.25, 0.3) is 0 Å². The van der Waals surface area contributed by atoms with Gasteiger partial charge in [-0.25, -0.2) is 4.79 Å². The van der Waals surface area contributed by atoms with Crippen LogP contribution in [0.25, 0.3) is 10.8 Å². The average molecular weight is 356 g/mol. The summed E-state index contributed by atoms with van der Waals surface area (Å²) in [7, 11) is 3.71. The van der Waals surface area contributed by atoms with Crippen molar-refractivity contribution in [2.24, 2.45) is 0 Å². The first kappa shape index (κ1) is 19.8. The second-order valence-corrected chi connectivity index (χ2v) is 6.23. The molecule has 0 aromatic heterocycles. The maximum absolute atomic E-state index is 12.2. The van der Waals surface area contributed by atoms with E-state index in [-0.39, 0.29) is 6.61 Å². The van der Waals surface area contributed by atoms with Crippen LogP contribution in [0, 0.1) is 0 Å². The standard InChI is InChI=1S/C20H25BO5/c1-14(20(23)26-13-19(22)25-10-4-3-9-21)15-5-6-17-12-18(24-2)8-7-16(17)11-15/h5-8,11-12,14H,3-4,9-10,13,21H2,1-2H3. The fourth-order valence-electron chi connectivity index (χ4n) is 2.61. The highest BCUT2D eigenvalue weighted by atomic mass is 16.6. The van der Waals surface area contributed by atoms with Crippen LogP contribution >= 0.6 is 0 Å². The van der Waals surface area contributed by atoms with Crippen LogP contribution in [0.1, 0.15) is 31.2 Å². The van der Waals surface area contributed by atoms with Gasteiger partial charge in [0.1, 0.15) is 13.6 Å². The Bertz CT molecular complexity index is 759. The molecule has 0 aliphatic heterocycles. The predicted octanol–water partition coefficient (Wildman–Crippen LogP) is 2.87. The van der Waals surface area contributed by atoms with Gasteiger partial charge < -0.3 is 14.2 Å². The molecule has 0 heterocycles. The second-order valence-electron chi connectivity index (χ2n) is 6.23. The highest BCUT2D eigenvalue weighted by molar-refractivity contribution is 6.08. The van der Waals surface area contributed by atoms with Crippen molar-refractivity contribution in [1.29, 1.82) is 0 Å². The molecule has 26 heavy (non-hydrogen) atoms. The molecule has 0 radical (unpaired) electrons. The number of unbranched alkanes of at least 4 members (excludes halogenated alkanes) is 1. The van der Waals surface area contributed by atoms with Gasteiger partial charge in [0.05, 0.1) is 19.6 Å². The zero-order valence-electron chi connectivity index (χ0n) is 15.6. The van der Waals surface area contributed by atoms with Crippen molar-refractivity contribution in [2.75, 3.05) is 20.3 Å². The molecule has 0 N–H and O–H groups in total. The van der Waals surface area contributed by atoms with Crippen LogP contribution in [-0.4, -0.2) is 40.1 Å². The number of ether oxygens (including phenoxy) is 3. The Balaban J connectivity index is 1.91. The molecular weight excluding hydrogens is 331 g/mol. The molecule has 0 saturated carbocycles. The van der Waals surface area contributed by atoms with E-state index in [4.69, 9.17) is 14.2 Å². The fourth-order valence-corrected chi connectivity index (χ4v) is 2.61. The molecule has 1 atom stereocenters. The number of rotatable bonds is 9. The number of carbonyl (C=O) groups is 2. The van der Waals surface area contributed by atoms with Crippen LogP contribution in [0.2, 0.25) is 6.32 Å². The monoisotopic (exact) mass is 356 g/mol. The van der Waals surface area contributed by atoms with Crippen LogP contribution < -0.4 is 4.74 Å². The molecule has 0 amide bonds. The lowest BCUT2D eigenvalue weighted by Crippen LogP contribution is -2.20. The van der Waals surface area contributed by atoms with E-state index < -0.39 is 17.9 Å². The van der Waals surface area contributed by atoms with Crippen molar-refractivity contribution in [3.8, 4) is 5.75 Å². The Hall–Kier alpha value is -2.50. The zero-order chi connectivity index (χ0) is 18.9. The Labute approximate surface area is 155 Å². The van der Waals surface area contributed by atoms with E-state index in [1.807, 2.05) is 36.4 Å². The van der Waals surface area contributed by atoms with Crippen molar-refractivity contribution in [2.45, 2.75) is 32.0 Å². The number of carbonyl (C=O) groups excluding carboxylic acids is 2.